The zero-order chi connectivity index (χ0) is 16.5. The second-order valence-corrected chi connectivity index (χ2v) is 6.35. The predicted molar refractivity (Wildman–Crippen MR) is 93.1 cm³/mol. The van der Waals surface area contributed by atoms with Crippen molar-refractivity contribution in [3.8, 4) is 6.07 Å². The van der Waals surface area contributed by atoms with E-state index in [9.17, 15) is 4.79 Å². The molecule has 0 unspecified atom stereocenters. The predicted octanol–water partition coefficient (Wildman–Crippen LogP) is 3.59. The Balaban J connectivity index is 2.00. The number of nitrogens with zero attached hydrogens (tertiary/aromatic N) is 3. The summed E-state index contributed by atoms with van der Waals surface area (Å²) in [6.45, 7) is 0.878. The molecule has 1 aliphatic carbocycles. The monoisotopic (exact) mass is 313 g/mol. The van der Waals surface area contributed by atoms with Gasteiger partial charge in [0.25, 0.3) is 0 Å². The Morgan fingerprint density at radius 2 is 1.83 bits per heavy atom. The third kappa shape index (κ3) is 5.37. The van der Waals surface area contributed by atoms with Crippen LogP contribution < -0.4 is 4.90 Å². The fraction of sp³-hybridized carbons (Fsp3) is 0.579. The number of anilines is 1. The molecule has 0 atom stereocenters. The Hall–Kier alpha value is -1.86. The molecule has 4 nitrogen and oxygen atoms in total. The lowest BCUT2D eigenvalue weighted by Crippen LogP contribution is -2.43. The fourth-order valence-electron chi connectivity index (χ4n) is 3.29. The maximum atomic E-state index is 12.8. The smallest absolute Gasteiger partial charge is 0.241 e. The van der Waals surface area contributed by atoms with Crippen LogP contribution in [0.2, 0.25) is 0 Å². The number of benzene rings is 1. The van der Waals surface area contributed by atoms with Crippen molar-refractivity contribution in [3.63, 3.8) is 0 Å². The molecule has 0 spiro atoms. The normalized spacial score (nSPS) is 15.9. The quantitative estimate of drug-likeness (QED) is 0.754. The molecule has 0 saturated heterocycles. The van der Waals surface area contributed by atoms with Gasteiger partial charge in [-0.3, -0.25) is 9.69 Å². The van der Waals surface area contributed by atoms with E-state index in [0.29, 0.717) is 25.6 Å². The molecule has 1 amide bonds. The van der Waals surface area contributed by atoms with Gasteiger partial charge in [0.05, 0.1) is 19.0 Å². The molecule has 1 aromatic carbocycles. The van der Waals surface area contributed by atoms with Crippen molar-refractivity contribution < 1.29 is 4.79 Å². The van der Waals surface area contributed by atoms with Gasteiger partial charge in [-0.25, -0.2) is 0 Å². The molecule has 4 heteroatoms. The lowest BCUT2D eigenvalue weighted by Gasteiger charge is -2.29. The van der Waals surface area contributed by atoms with Gasteiger partial charge in [-0.15, -0.1) is 0 Å². The first-order chi connectivity index (χ1) is 11.2. The molecule has 1 fully saturated rings. The minimum Gasteiger partial charge on any atom is -0.310 e. The summed E-state index contributed by atoms with van der Waals surface area (Å²) in [7, 11) is 2.06. The summed E-state index contributed by atoms with van der Waals surface area (Å²) in [4.78, 5) is 16.7. The van der Waals surface area contributed by atoms with Crippen LogP contribution in [0, 0.1) is 11.3 Å². The molecular formula is C19H27N3O. The van der Waals surface area contributed by atoms with Gasteiger partial charge in [-0.1, -0.05) is 43.9 Å². The van der Waals surface area contributed by atoms with Crippen LogP contribution in [0.4, 0.5) is 5.69 Å². The minimum atomic E-state index is 0.0817. The lowest BCUT2D eigenvalue weighted by molar-refractivity contribution is -0.120. The number of amides is 1. The van der Waals surface area contributed by atoms with Gasteiger partial charge < -0.3 is 4.90 Å². The molecule has 0 radical (unpaired) electrons. The first-order valence-corrected chi connectivity index (χ1v) is 8.65. The van der Waals surface area contributed by atoms with E-state index >= 15 is 0 Å². The van der Waals surface area contributed by atoms with Gasteiger partial charge in [0.2, 0.25) is 5.91 Å². The molecule has 124 valence electrons. The van der Waals surface area contributed by atoms with Crippen LogP contribution in [-0.2, 0) is 4.79 Å². The molecule has 0 N–H and O–H groups in total. The van der Waals surface area contributed by atoms with Crippen LogP contribution in [0.1, 0.15) is 44.9 Å². The third-order valence-electron chi connectivity index (χ3n) is 4.65. The van der Waals surface area contributed by atoms with Crippen molar-refractivity contribution in [2.75, 3.05) is 25.0 Å². The summed E-state index contributed by atoms with van der Waals surface area (Å²) in [5, 5.41) is 8.86. The van der Waals surface area contributed by atoms with Crippen LogP contribution >= 0.6 is 0 Å². The molecule has 0 heterocycles. The Morgan fingerprint density at radius 3 is 2.43 bits per heavy atom. The summed E-state index contributed by atoms with van der Waals surface area (Å²) < 4.78 is 0. The Labute approximate surface area is 139 Å². The highest BCUT2D eigenvalue weighted by molar-refractivity contribution is 5.94. The maximum Gasteiger partial charge on any atom is 0.241 e. The van der Waals surface area contributed by atoms with Crippen LogP contribution in [0.25, 0.3) is 0 Å². The Morgan fingerprint density at radius 1 is 1.17 bits per heavy atom. The van der Waals surface area contributed by atoms with Gasteiger partial charge in [-0.2, -0.15) is 5.26 Å². The highest BCUT2D eigenvalue weighted by atomic mass is 16.2. The number of carbonyl (C=O) groups is 1. The highest BCUT2D eigenvalue weighted by Crippen LogP contribution is 2.21. The van der Waals surface area contributed by atoms with Gasteiger partial charge in [-0.05, 0) is 32.0 Å². The van der Waals surface area contributed by atoms with Crippen LogP contribution in [0.15, 0.2) is 30.3 Å². The zero-order valence-corrected chi connectivity index (χ0v) is 14.1. The summed E-state index contributed by atoms with van der Waals surface area (Å²) >= 11 is 0. The molecule has 1 saturated carbocycles. The van der Waals surface area contributed by atoms with E-state index in [1.807, 2.05) is 30.3 Å². The van der Waals surface area contributed by atoms with Gasteiger partial charge in [0.1, 0.15) is 0 Å². The van der Waals surface area contributed by atoms with E-state index in [1.54, 1.807) is 4.90 Å². The van der Waals surface area contributed by atoms with E-state index in [2.05, 4.69) is 18.0 Å². The van der Waals surface area contributed by atoms with E-state index in [-0.39, 0.29) is 5.91 Å². The summed E-state index contributed by atoms with van der Waals surface area (Å²) in [6.07, 6.45) is 7.89. The van der Waals surface area contributed by atoms with Crippen LogP contribution in [0.3, 0.4) is 0 Å². The molecule has 0 aromatic heterocycles. The Bertz CT molecular complexity index is 515. The van der Waals surface area contributed by atoms with E-state index in [4.69, 9.17) is 5.26 Å². The number of carbonyl (C=O) groups excluding carboxylic acids is 1. The van der Waals surface area contributed by atoms with Gasteiger partial charge in [0.15, 0.2) is 0 Å². The molecule has 0 bridgehead atoms. The topological polar surface area (TPSA) is 47.3 Å². The number of nitriles is 1. The summed E-state index contributed by atoms with van der Waals surface area (Å²) in [5.41, 5.74) is 0.877. The first kappa shape index (κ1) is 17.5. The van der Waals surface area contributed by atoms with Crippen molar-refractivity contribution >= 4 is 11.6 Å². The largest absolute Gasteiger partial charge is 0.310 e. The van der Waals surface area contributed by atoms with Crippen molar-refractivity contribution in [2.24, 2.45) is 0 Å². The number of rotatable bonds is 6. The molecular weight excluding hydrogens is 286 g/mol. The number of hydrogen-bond acceptors (Lipinski definition) is 3. The molecule has 1 aliphatic rings. The number of hydrogen-bond donors (Lipinski definition) is 0. The summed E-state index contributed by atoms with van der Waals surface area (Å²) in [5.74, 6) is 0.0817. The SMILES string of the molecule is CN(CC(=O)N(CCC#N)c1ccccc1)C1CCCCCC1. The van der Waals surface area contributed by atoms with Gasteiger partial charge >= 0.3 is 0 Å². The second-order valence-electron chi connectivity index (χ2n) is 6.35. The van der Waals surface area contributed by atoms with E-state index in [1.165, 1.54) is 38.5 Å². The molecule has 2 rings (SSSR count). The van der Waals surface area contributed by atoms with Crippen molar-refractivity contribution in [2.45, 2.75) is 51.0 Å². The average Bonchev–Trinajstić information content (AvgIpc) is 2.85. The van der Waals surface area contributed by atoms with E-state index in [0.717, 1.165) is 5.69 Å². The third-order valence-corrected chi connectivity index (χ3v) is 4.65. The highest BCUT2D eigenvalue weighted by Gasteiger charge is 2.22. The average molecular weight is 313 g/mol. The second kappa shape index (κ2) is 9.32. The zero-order valence-electron chi connectivity index (χ0n) is 14.1. The molecule has 1 aromatic rings. The lowest BCUT2D eigenvalue weighted by atomic mass is 10.1. The van der Waals surface area contributed by atoms with Gasteiger partial charge in [0, 0.05) is 18.3 Å². The molecule has 23 heavy (non-hydrogen) atoms. The summed E-state index contributed by atoms with van der Waals surface area (Å²) in [6, 6.07) is 12.3. The van der Waals surface area contributed by atoms with Crippen molar-refractivity contribution in [1.29, 1.82) is 5.26 Å². The first-order valence-electron chi connectivity index (χ1n) is 8.65. The van der Waals surface area contributed by atoms with Crippen LogP contribution in [0.5, 0.6) is 0 Å². The number of para-hydroxylation sites is 1. The standard InChI is InChI=1S/C19H27N3O/c1-21(17-10-5-2-3-6-11-17)16-19(23)22(15-9-14-20)18-12-7-4-8-13-18/h4,7-8,12-13,17H,2-3,5-6,9-11,15-16H2,1H3. The molecule has 0 aliphatic heterocycles. The van der Waals surface area contributed by atoms with Crippen molar-refractivity contribution in [1.82, 2.24) is 4.90 Å². The number of likely N-dealkylation sites (N-methyl/N-ethyl adjacent to an activating group) is 1. The Kier molecular flexibility index (Phi) is 7.09. The fourth-order valence-corrected chi connectivity index (χ4v) is 3.29. The van der Waals surface area contributed by atoms with Crippen molar-refractivity contribution in [3.05, 3.63) is 30.3 Å². The maximum absolute atomic E-state index is 12.8. The van der Waals surface area contributed by atoms with Crippen LogP contribution in [-0.4, -0.2) is 37.0 Å². The van der Waals surface area contributed by atoms with E-state index < -0.39 is 0 Å². The minimum absolute atomic E-state index is 0.0817.